The second kappa shape index (κ2) is 17.8. The van der Waals surface area contributed by atoms with E-state index in [4.69, 9.17) is 8.83 Å². The van der Waals surface area contributed by atoms with Crippen molar-refractivity contribution in [3.63, 3.8) is 0 Å². The van der Waals surface area contributed by atoms with Gasteiger partial charge in [0, 0.05) is 82.3 Å². The number of hydrogen-bond donors (Lipinski definition) is 0. The molecule has 0 fully saturated rings. The van der Waals surface area contributed by atoms with E-state index >= 15 is 0 Å². The second-order valence-electron chi connectivity index (χ2n) is 23.0. The lowest BCUT2D eigenvalue weighted by atomic mass is 9.98. The van der Waals surface area contributed by atoms with Crippen molar-refractivity contribution in [1.29, 1.82) is 5.26 Å². The van der Waals surface area contributed by atoms with Crippen LogP contribution in [-0.2, 0) is 0 Å². The van der Waals surface area contributed by atoms with E-state index in [-0.39, 0.29) is 0 Å². The van der Waals surface area contributed by atoms with Gasteiger partial charge in [-0.25, -0.2) is 0 Å². The Labute approximate surface area is 496 Å². The highest BCUT2D eigenvalue weighted by atomic mass is 16.3. The van der Waals surface area contributed by atoms with Crippen LogP contribution in [0.3, 0.4) is 0 Å². The van der Waals surface area contributed by atoms with E-state index < -0.39 is 0 Å². The maximum atomic E-state index is 13.0. The lowest BCUT2D eigenvalue weighted by Gasteiger charge is -2.28. The summed E-state index contributed by atoms with van der Waals surface area (Å²) in [6.45, 7) is 2.28. The number of furan rings is 2. The molecule has 87 heavy (non-hydrogen) atoms. The summed E-state index contributed by atoms with van der Waals surface area (Å²) in [5, 5.41) is 25.9. The molecule has 0 atom stereocenters. The third-order valence-electron chi connectivity index (χ3n) is 18.5. The smallest absolute Gasteiger partial charge is 0.137 e. The predicted molar refractivity (Wildman–Crippen MR) is 359 cm³/mol. The van der Waals surface area contributed by atoms with Gasteiger partial charge < -0.3 is 27.1 Å². The highest BCUT2D eigenvalue weighted by Gasteiger charge is 2.34. The number of benzene rings is 13. The molecule has 0 aliphatic rings. The normalized spacial score (nSPS) is 12.2. The first-order valence-corrected chi connectivity index (χ1v) is 29.5. The molecule has 19 aromatic rings. The Morgan fingerprint density at radius 1 is 0.253 bits per heavy atom. The van der Waals surface area contributed by atoms with Crippen molar-refractivity contribution in [3.05, 3.63) is 278 Å². The first kappa shape index (κ1) is 47.6. The molecule has 0 N–H and O–H groups in total. The van der Waals surface area contributed by atoms with Crippen LogP contribution in [-0.4, -0.2) is 18.3 Å². The highest BCUT2D eigenvalue weighted by Crippen LogP contribution is 2.51. The minimum atomic E-state index is 0.505. The lowest BCUT2D eigenvalue weighted by molar-refractivity contribution is 0.669. The summed E-state index contributed by atoms with van der Waals surface area (Å²) >= 11 is 0. The van der Waals surface area contributed by atoms with Crippen molar-refractivity contribution < 1.29 is 8.83 Å². The predicted octanol–water partition coefficient (Wildman–Crippen LogP) is 21.4. The fourth-order valence-corrected chi connectivity index (χ4v) is 14.8. The molecule has 0 aliphatic carbocycles. The number of para-hydroxylation sites is 6. The Morgan fingerprint density at radius 2 is 0.575 bits per heavy atom. The summed E-state index contributed by atoms with van der Waals surface area (Å²) < 4.78 is 23.4. The van der Waals surface area contributed by atoms with E-state index in [1.807, 2.05) is 12.1 Å². The Bertz CT molecular complexity index is 5740. The number of fused-ring (bicyclic) bond motifs is 18. The number of nitrogens with zero attached hydrogens (tertiary/aromatic N) is 5. The molecule has 19 rings (SSSR count). The molecule has 6 aromatic heterocycles. The molecule has 0 saturated heterocycles. The second-order valence-corrected chi connectivity index (χ2v) is 23.0. The van der Waals surface area contributed by atoms with Crippen LogP contribution in [0.4, 0.5) is 0 Å². The molecule has 0 saturated carbocycles. The summed E-state index contributed by atoms with van der Waals surface area (Å²) in [4.78, 5) is 0. The van der Waals surface area contributed by atoms with Crippen molar-refractivity contribution in [3.8, 4) is 51.1 Å². The van der Waals surface area contributed by atoms with Crippen LogP contribution in [0, 0.1) is 18.3 Å². The van der Waals surface area contributed by atoms with Gasteiger partial charge in [-0.05, 0) is 102 Å². The van der Waals surface area contributed by atoms with E-state index in [0.29, 0.717) is 5.56 Å². The van der Waals surface area contributed by atoms with Gasteiger partial charge in [0.1, 0.15) is 34.0 Å². The van der Waals surface area contributed by atoms with Crippen LogP contribution < -0.4 is 0 Å². The van der Waals surface area contributed by atoms with Gasteiger partial charge in [0.25, 0.3) is 0 Å². The largest absolute Gasteiger partial charge is 0.456 e. The summed E-state index contributed by atoms with van der Waals surface area (Å²) in [5.74, 6) is 0. The van der Waals surface area contributed by atoms with Crippen molar-refractivity contribution in [2.24, 2.45) is 0 Å². The third kappa shape index (κ3) is 6.58. The van der Waals surface area contributed by atoms with Crippen LogP contribution in [0.1, 0.15) is 11.1 Å². The first-order chi connectivity index (χ1) is 43.1. The molecular formula is C80H47N5O2. The Morgan fingerprint density at radius 3 is 0.966 bits per heavy atom. The Kier molecular flexibility index (Phi) is 9.76. The molecule has 0 spiro atoms. The van der Waals surface area contributed by atoms with Gasteiger partial charge in [-0.2, -0.15) is 5.26 Å². The fourth-order valence-electron chi connectivity index (χ4n) is 14.8. The zero-order chi connectivity index (χ0) is 57.2. The van der Waals surface area contributed by atoms with E-state index in [1.165, 1.54) is 0 Å². The van der Waals surface area contributed by atoms with Crippen molar-refractivity contribution in [1.82, 2.24) is 18.3 Å². The maximum absolute atomic E-state index is 13.0. The highest BCUT2D eigenvalue weighted by molar-refractivity contribution is 6.21. The molecule has 0 bridgehead atoms. The van der Waals surface area contributed by atoms with Crippen LogP contribution in [0.15, 0.2) is 276 Å². The van der Waals surface area contributed by atoms with Gasteiger partial charge in [0.2, 0.25) is 0 Å². The van der Waals surface area contributed by atoms with Gasteiger partial charge >= 0.3 is 0 Å². The summed E-state index contributed by atoms with van der Waals surface area (Å²) in [6.07, 6.45) is 0. The molecule has 7 heteroatoms. The molecule has 0 radical (unpaired) electrons. The third-order valence-corrected chi connectivity index (χ3v) is 18.5. The number of rotatable bonds is 6. The van der Waals surface area contributed by atoms with E-state index in [1.54, 1.807) is 0 Å². The van der Waals surface area contributed by atoms with Crippen molar-refractivity contribution in [2.45, 2.75) is 6.92 Å². The SMILES string of the molecule is Cc1c(-n2c3ccc(-c4ccccc4)cc3c3cc4c(cc32)oc2ccccc24)c(-n2c3ccccc3c3ccccc32)c(C#N)c(-n2c3ccccc3c3ccccc32)c1-n1c2ccc(-c3ccccc3)cc2c2cc3c(cc21)oc1ccccc13. The Balaban J connectivity index is 1.08. The van der Waals surface area contributed by atoms with E-state index in [9.17, 15) is 5.26 Å². The minimum absolute atomic E-state index is 0.505. The molecule has 0 amide bonds. The van der Waals surface area contributed by atoms with Gasteiger partial charge in [-0.3, -0.25) is 0 Å². The van der Waals surface area contributed by atoms with Crippen LogP contribution in [0.25, 0.3) is 176 Å². The zero-order valence-corrected chi connectivity index (χ0v) is 47.0. The monoisotopic (exact) mass is 1110 g/mol. The molecule has 404 valence electrons. The van der Waals surface area contributed by atoms with Crippen molar-refractivity contribution in [2.75, 3.05) is 0 Å². The van der Waals surface area contributed by atoms with Crippen LogP contribution in [0.5, 0.6) is 0 Å². The lowest BCUT2D eigenvalue weighted by Crippen LogP contribution is -2.16. The molecule has 7 nitrogen and oxygen atoms in total. The standard InChI is InChI=1S/C80H47N5O2/c1-47-77(84-69-38-36-50(48-20-4-2-5-21-48)40-58(69)60-42-62-56-28-12-18-34-73(56)86-75(62)44-71(60)84)79(82-65-30-14-8-24-52(65)53-25-9-15-31-66(53)82)64(46-81)80(83-67-32-16-10-26-54(67)55-27-11-17-33-68(55)83)78(47)85-70-39-37-51(49-22-6-3-7-23-49)41-59(70)61-43-63-57-29-13-19-35-74(57)87-76(63)45-72(61)85/h2-45H,1H3. The number of aromatic nitrogens is 4. The molecule has 0 aliphatic heterocycles. The summed E-state index contributed by atoms with van der Waals surface area (Å²) in [5.41, 5.74) is 20.2. The quantitative estimate of drug-likeness (QED) is 0.167. The zero-order valence-electron chi connectivity index (χ0n) is 47.0. The van der Waals surface area contributed by atoms with Crippen LogP contribution in [0.2, 0.25) is 0 Å². The minimum Gasteiger partial charge on any atom is -0.456 e. The molecule has 13 aromatic carbocycles. The topological polar surface area (TPSA) is 69.8 Å². The van der Waals surface area contributed by atoms with Gasteiger partial charge in [-0.15, -0.1) is 0 Å². The summed E-state index contributed by atoms with van der Waals surface area (Å²) in [6, 6.07) is 98.4. The van der Waals surface area contributed by atoms with Gasteiger partial charge in [0.05, 0.1) is 66.9 Å². The average Bonchev–Trinajstić information content (AvgIpc) is 1.63. The maximum Gasteiger partial charge on any atom is 0.137 e. The average molecular weight is 1110 g/mol. The first-order valence-electron chi connectivity index (χ1n) is 29.5. The summed E-state index contributed by atoms with van der Waals surface area (Å²) in [7, 11) is 0. The molecule has 0 unspecified atom stereocenters. The van der Waals surface area contributed by atoms with Crippen molar-refractivity contribution >= 4 is 131 Å². The Hall–Kier alpha value is -11.9. The van der Waals surface area contributed by atoms with Gasteiger partial charge in [-0.1, -0.05) is 182 Å². The van der Waals surface area contributed by atoms with Gasteiger partial charge in [0.15, 0.2) is 0 Å². The molecular weight excluding hydrogens is 1060 g/mol. The number of hydrogen-bond acceptors (Lipinski definition) is 3. The fraction of sp³-hybridized carbons (Fsp3) is 0.0125. The van der Waals surface area contributed by atoms with E-state index in [2.05, 4.69) is 286 Å². The van der Waals surface area contributed by atoms with E-state index in [0.717, 1.165) is 182 Å². The molecule has 6 heterocycles. The van der Waals surface area contributed by atoms with Crippen LogP contribution >= 0.6 is 0 Å². The number of nitriles is 1.